The van der Waals surface area contributed by atoms with Crippen LogP contribution in [0.5, 0.6) is 0 Å². The molecule has 2 aromatic rings. The van der Waals surface area contributed by atoms with Gasteiger partial charge in [-0.2, -0.15) is 0 Å². The quantitative estimate of drug-likeness (QED) is 0.848. The van der Waals surface area contributed by atoms with Crippen molar-refractivity contribution in [2.75, 3.05) is 13.1 Å². The van der Waals surface area contributed by atoms with Crippen molar-refractivity contribution >= 4 is 17.5 Å². The van der Waals surface area contributed by atoms with E-state index in [2.05, 4.69) is 0 Å². The fourth-order valence-corrected chi connectivity index (χ4v) is 4.29. The first kappa shape index (κ1) is 16.4. The predicted octanol–water partition coefficient (Wildman–Crippen LogP) is 3.08. The molecule has 2 unspecified atom stereocenters. The average molecular weight is 357 g/mol. The van der Waals surface area contributed by atoms with Gasteiger partial charge in [-0.05, 0) is 42.5 Å². The molecule has 1 saturated heterocycles. The third-order valence-electron chi connectivity index (χ3n) is 5.37. The molecule has 0 radical (unpaired) electrons. The first-order chi connectivity index (χ1) is 12.1. The van der Waals surface area contributed by atoms with Crippen LogP contribution in [-0.4, -0.2) is 28.5 Å². The summed E-state index contributed by atoms with van der Waals surface area (Å²) in [4.78, 5) is 26.7. The number of fused-ring (bicyclic) bond motifs is 4. The lowest BCUT2D eigenvalue weighted by Gasteiger charge is -2.42. The smallest absolute Gasteiger partial charge is 0.250 e. The van der Waals surface area contributed by atoms with Crippen LogP contribution in [0.25, 0.3) is 0 Å². The number of aromatic nitrogens is 1. The molecule has 0 aliphatic carbocycles. The minimum absolute atomic E-state index is 0.0784. The lowest BCUT2D eigenvalue weighted by Crippen LogP contribution is -2.49. The van der Waals surface area contributed by atoms with Crippen molar-refractivity contribution in [1.82, 2.24) is 9.47 Å². The predicted molar refractivity (Wildman–Crippen MR) is 97.9 cm³/mol. The summed E-state index contributed by atoms with van der Waals surface area (Å²) >= 11 is 5.90. The zero-order valence-corrected chi connectivity index (χ0v) is 14.8. The maximum Gasteiger partial charge on any atom is 0.250 e. The summed E-state index contributed by atoms with van der Waals surface area (Å²) in [5.41, 5.74) is 2.29. The van der Waals surface area contributed by atoms with Gasteiger partial charge in [0.15, 0.2) is 0 Å². The second kappa shape index (κ2) is 6.68. The van der Waals surface area contributed by atoms with Gasteiger partial charge in [0.1, 0.15) is 0 Å². The molecule has 4 nitrogen and oxygen atoms in total. The molecule has 1 aromatic heterocycles. The fraction of sp³-hybridized carbons (Fsp3) is 0.400. The minimum atomic E-state index is 0.0784. The van der Waals surface area contributed by atoms with Crippen molar-refractivity contribution in [3.8, 4) is 0 Å². The summed E-state index contributed by atoms with van der Waals surface area (Å²) < 4.78 is 1.90. The van der Waals surface area contributed by atoms with E-state index in [1.807, 2.05) is 45.9 Å². The lowest BCUT2D eigenvalue weighted by molar-refractivity contribution is -0.133. The lowest BCUT2D eigenvalue weighted by atomic mass is 9.83. The molecule has 2 aliphatic heterocycles. The number of aryl methyl sites for hydroxylation is 1. The van der Waals surface area contributed by atoms with Crippen molar-refractivity contribution in [3.63, 3.8) is 0 Å². The van der Waals surface area contributed by atoms with E-state index >= 15 is 0 Å². The molecule has 5 heteroatoms. The normalized spacial score (nSPS) is 21.7. The highest BCUT2D eigenvalue weighted by atomic mass is 35.5. The number of halogens is 1. The second-order valence-electron chi connectivity index (χ2n) is 7.12. The molecule has 1 amide bonds. The number of hydrogen-bond acceptors (Lipinski definition) is 2. The third kappa shape index (κ3) is 3.36. The molecular weight excluding hydrogens is 336 g/mol. The second-order valence-corrected chi connectivity index (χ2v) is 7.56. The van der Waals surface area contributed by atoms with Crippen LogP contribution >= 0.6 is 11.6 Å². The van der Waals surface area contributed by atoms with Crippen molar-refractivity contribution in [2.45, 2.75) is 31.7 Å². The largest absolute Gasteiger partial charge is 0.342 e. The summed E-state index contributed by atoms with van der Waals surface area (Å²) in [5.74, 6) is 0.864. The number of likely N-dealkylation sites (tertiary alicyclic amines) is 1. The SMILES string of the molecule is O=C(CCc1ccc(Cl)cc1)N1CC2CC(C1)c1cccc(=O)n1C2. The molecule has 2 bridgehead atoms. The maximum absolute atomic E-state index is 12.7. The Kier molecular flexibility index (Phi) is 4.38. The molecule has 130 valence electrons. The summed E-state index contributed by atoms with van der Waals surface area (Å²) in [6.45, 7) is 2.21. The molecule has 2 atom stereocenters. The van der Waals surface area contributed by atoms with E-state index in [1.54, 1.807) is 6.07 Å². The molecule has 1 fully saturated rings. The Balaban J connectivity index is 1.44. The Morgan fingerprint density at radius 2 is 1.88 bits per heavy atom. The van der Waals surface area contributed by atoms with Crippen LogP contribution in [0, 0.1) is 5.92 Å². The first-order valence-corrected chi connectivity index (χ1v) is 9.20. The highest BCUT2D eigenvalue weighted by molar-refractivity contribution is 6.30. The number of pyridine rings is 1. The van der Waals surface area contributed by atoms with Crippen LogP contribution in [0.15, 0.2) is 47.3 Å². The molecule has 0 N–H and O–H groups in total. The molecule has 0 spiro atoms. The maximum atomic E-state index is 12.7. The number of piperidine rings is 1. The van der Waals surface area contributed by atoms with Crippen LogP contribution in [0.3, 0.4) is 0 Å². The zero-order chi connectivity index (χ0) is 17.4. The van der Waals surface area contributed by atoms with E-state index in [0.29, 0.717) is 17.4 Å². The van der Waals surface area contributed by atoms with Gasteiger partial charge in [0, 0.05) is 48.8 Å². The van der Waals surface area contributed by atoms with E-state index in [9.17, 15) is 9.59 Å². The average Bonchev–Trinajstić information content (AvgIpc) is 2.62. The van der Waals surface area contributed by atoms with Crippen molar-refractivity contribution in [2.24, 2.45) is 5.92 Å². The highest BCUT2D eigenvalue weighted by Gasteiger charge is 2.35. The molecule has 25 heavy (non-hydrogen) atoms. The zero-order valence-electron chi connectivity index (χ0n) is 14.0. The Labute approximate surface area is 152 Å². The number of carbonyl (C=O) groups is 1. The number of nitrogens with zero attached hydrogens (tertiary/aromatic N) is 2. The summed E-state index contributed by atoms with van der Waals surface area (Å²) in [7, 11) is 0. The van der Waals surface area contributed by atoms with Gasteiger partial charge in [-0.15, -0.1) is 0 Å². The van der Waals surface area contributed by atoms with E-state index < -0.39 is 0 Å². The van der Waals surface area contributed by atoms with Gasteiger partial charge in [-0.3, -0.25) is 9.59 Å². The van der Waals surface area contributed by atoms with Crippen molar-refractivity contribution in [3.05, 3.63) is 69.1 Å². The Bertz CT molecular complexity index is 844. The Morgan fingerprint density at radius 1 is 1.08 bits per heavy atom. The monoisotopic (exact) mass is 356 g/mol. The highest BCUT2D eigenvalue weighted by Crippen LogP contribution is 2.35. The molecule has 3 heterocycles. The van der Waals surface area contributed by atoms with E-state index in [1.165, 1.54) is 0 Å². The van der Waals surface area contributed by atoms with E-state index in [0.717, 1.165) is 43.7 Å². The van der Waals surface area contributed by atoms with Gasteiger partial charge in [0.05, 0.1) is 0 Å². The van der Waals surface area contributed by atoms with E-state index in [-0.39, 0.29) is 17.4 Å². The number of rotatable bonds is 3. The summed E-state index contributed by atoms with van der Waals surface area (Å²) in [6, 6.07) is 13.2. The number of benzene rings is 1. The van der Waals surface area contributed by atoms with Gasteiger partial charge in [-0.1, -0.05) is 29.8 Å². The molecular formula is C20H21ClN2O2. The first-order valence-electron chi connectivity index (χ1n) is 8.82. The van der Waals surface area contributed by atoms with Crippen molar-refractivity contribution in [1.29, 1.82) is 0 Å². The summed E-state index contributed by atoms with van der Waals surface area (Å²) in [5, 5.41) is 0.716. The van der Waals surface area contributed by atoms with Gasteiger partial charge in [0.25, 0.3) is 5.56 Å². The van der Waals surface area contributed by atoms with E-state index in [4.69, 9.17) is 11.6 Å². The number of hydrogen-bond donors (Lipinski definition) is 0. The summed E-state index contributed by atoms with van der Waals surface area (Å²) in [6.07, 6.45) is 2.32. The standard InChI is InChI=1S/C20H21ClN2O2/c21-17-7-4-14(5-8-17)6-9-19(24)22-11-15-10-16(13-22)18-2-1-3-20(25)23(18)12-15/h1-5,7-8,15-16H,6,9-13H2. The van der Waals surface area contributed by atoms with Crippen LogP contribution in [-0.2, 0) is 17.8 Å². The van der Waals surface area contributed by atoms with Crippen molar-refractivity contribution < 1.29 is 4.79 Å². The molecule has 0 saturated carbocycles. The Morgan fingerprint density at radius 3 is 2.68 bits per heavy atom. The van der Waals surface area contributed by atoms with Gasteiger partial charge >= 0.3 is 0 Å². The van der Waals surface area contributed by atoms with Crippen LogP contribution < -0.4 is 5.56 Å². The van der Waals surface area contributed by atoms with Gasteiger partial charge < -0.3 is 9.47 Å². The molecule has 4 rings (SSSR count). The van der Waals surface area contributed by atoms with Crippen LogP contribution in [0.4, 0.5) is 0 Å². The van der Waals surface area contributed by atoms with Crippen LogP contribution in [0.2, 0.25) is 5.02 Å². The van der Waals surface area contributed by atoms with Gasteiger partial charge in [0.2, 0.25) is 5.91 Å². The molecule has 2 aliphatic rings. The molecule has 1 aromatic carbocycles. The fourth-order valence-electron chi connectivity index (χ4n) is 4.16. The topological polar surface area (TPSA) is 42.3 Å². The van der Waals surface area contributed by atoms with Crippen LogP contribution in [0.1, 0.15) is 30.0 Å². The van der Waals surface area contributed by atoms with Gasteiger partial charge in [-0.25, -0.2) is 0 Å². The minimum Gasteiger partial charge on any atom is -0.342 e. The number of carbonyl (C=O) groups excluding carboxylic acids is 1. The Hall–Kier alpha value is -2.07. The number of amides is 1. The third-order valence-corrected chi connectivity index (χ3v) is 5.63.